The number of allylic oxidation sites excluding steroid dienone is 2. The van der Waals surface area contributed by atoms with E-state index in [1.54, 1.807) is 14.2 Å². The Balaban J connectivity index is 0.00000137. The summed E-state index contributed by atoms with van der Waals surface area (Å²) >= 11 is 1.85. The van der Waals surface area contributed by atoms with Gasteiger partial charge < -0.3 is 14.5 Å². The number of hydrogen-bond acceptors (Lipinski definition) is 7. The summed E-state index contributed by atoms with van der Waals surface area (Å²) in [6.07, 6.45) is 17.0. The first-order valence-electron chi connectivity index (χ1n) is 13.3. The highest BCUT2D eigenvalue weighted by Gasteiger charge is 2.25. The maximum atomic E-state index is 5.17. The van der Waals surface area contributed by atoms with E-state index in [0.717, 1.165) is 31.3 Å². The molecule has 1 unspecified atom stereocenters. The van der Waals surface area contributed by atoms with E-state index in [1.807, 2.05) is 51.7 Å². The number of methoxy groups -OCH3 is 1. The van der Waals surface area contributed by atoms with Gasteiger partial charge in [0, 0.05) is 38.1 Å². The van der Waals surface area contributed by atoms with Crippen molar-refractivity contribution in [3.63, 3.8) is 0 Å². The van der Waals surface area contributed by atoms with Gasteiger partial charge in [-0.25, -0.2) is 4.99 Å². The number of amidine groups is 1. The Hall–Kier alpha value is -1.60. The van der Waals surface area contributed by atoms with Crippen LogP contribution in [-0.4, -0.2) is 85.9 Å². The number of nitrogens with zero attached hydrogens (tertiary/aromatic N) is 5. The summed E-state index contributed by atoms with van der Waals surface area (Å²) in [4.78, 5) is 18.7. The van der Waals surface area contributed by atoms with Gasteiger partial charge in [0.25, 0.3) is 0 Å². The standard InChI is InChI=1S/C23H37N5OS.2C2H6/c1-24-22(29-2)10-6-8-20-12-17-30-23(26-19-25-18-20)28-15-7-9-21(11-16-28)27-13-4-3-5-14-27;2*1-2/h6,10,12,18,21H,3-5,7-9,11,13-17,19H2,1-2H3;2*1-2H3/b10-6-,20-12-,24-22?,25-18-,26-23-;;. The number of aliphatic imine (C=N–C) groups is 3. The SMILES string of the molecule is CC.CC.CN=C(/C=C\CC1=C/CS/C(N2CCCC(N3CCCCC3)CC2)=N\C/N=C\1)OC. The fraction of sp³-hybridized carbons (Fsp3) is 0.741. The van der Waals surface area contributed by atoms with Crippen LogP contribution < -0.4 is 0 Å². The van der Waals surface area contributed by atoms with E-state index in [2.05, 4.69) is 31.9 Å². The molecule has 0 aliphatic carbocycles. The predicted octanol–water partition coefficient (Wildman–Crippen LogP) is 6.06. The maximum Gasteiger partial charge on any atom is 0.207 e. The van der Waals surface area contributed by atoms with Crippen molar-refractivity contribution in [3.8, 4) is 0 Å². The quantitative estimate of drug-likeness (QED) is 0.354. The third-order valence-electron chi connectivity index (χ3n) is 6.02. The average Bonchev–Trinajstić information content (AvgIpc) is 3.09. The van der Waals surface area contributed by atoms with Crippen LogP contribution in [0.1, 0.15) is 72.6 Å². The average molecular weight is 492 g/mol. The lowest BCUT2D eigenvalue weighted by molar-refractivity contribution is 0.150. The van der Waals surface area contributed by atoms with Crippen LogP contribution in [0.5, 0.6) is 0 Å². The summed E-state index contributed by atoms with van der Waals surface area (Å²) in [7, 11) is 3.37. The lowest BCUT2D eigenvalue weighted by atomic mass is 10.0. The van der Waals surface area contributed by atoms with E-state index in [9.17, 15) is 0 Å². The van der Waals surface area contributed by atoms with Crippen LogP contribution in [0.15, 0.2) is 38.8 Å². The molecule has 1 atom stereocenters. The second-order valence-electron chi connectivity index (χ2n) is 8.02. The third-order valence-corrected chi connectivity index (χ3v) is 7.00. The first-order valence-corrected chi connectivity index (χ1v) is 14.3. The first-order chi connectivity index (χ1) is 16.8. The largest absolute Gasteiger partial charge is 0.481 e. The molecule has 194 valence electrons. The summed E-state index contributed by atoms with van der Waals surface area (Å²) in [5, 5.41) is 1.17. The van der Waals surface area contributed by atoms with Crippen LogP contribution in [-0.2, 0) is 4.74 Å². The minimum absolute atomic E-state index is 0.509. The van der Waals surface area contributed by atoms with Crippen LogP contribution in [0.4, 0.5) is 0 Å². The van der Waals surface area contributed by atoms with Gasteiger partial charge in [-0.05, 0) is 63.3 Å². The van der Waals surface area contributed by atoms with Crippen LogP contribution in [0.25, 0.3) is 0 Å². The molecular weight excluding hydrogens is 442 g/mol. The zero-order valence-corrected chi connectivity index (χ0v) is 23.4. The van der Waals surface area contributed by atoms with Crippen molar-refractivity contribution >= 4 is 29.0 Å². The van der Waals surface area contributed by atoms with Gasteiger partial charge in [0.1, 0.15) is 6.67 Å². The smallest absolute Gasteiger partial charge is 0.207 e. The molecule has 34 heavy (non-hydrogen) atoms. The molecule has 0 saturated carbocycles. The summed E-state index contributed by atoms with van der Waals surface area (Å²) in [6, 6.07) is 0.761. The molecule has 0 aromatic rings. The molecule has 3 aliphatic heterocycles. The number of piperidine rings is 1. The van der Waals surface area contributed by atoms with Gasteiger partial charge in [-0.2, -0.15) is 0 Å². The molecule has 2 fully saturated rings. The second kappa shape index (κ2) is 19.7. The molecule has 0 amide bonds. The number of thioether (sulfide) groups is 1. The number of rotatable bonds is 4. The number of hydrogen-bond donors (Lipinski definition) is 0. The van der Waals surface area contributed by atoms with Gasteiger partial charge in [0.2, 0.25) is 5.90 Å². The highest BCUT2D eigenvalue weighted by molar-refractivity contribution is 8.13. The van der Waals surface area contributed by atoms with Crippen molar-refractivity contribution in [1.29, 1.82) is 0 Å². The summed E-state index contributed by atoms with van der Waals surface area (Å²) in [5.74, 6) is 1.57. The molecule has 0 bridgehead atoms. The molecule has 0 aromatic heterocycles. The summed E-state index contributed by atoms with van der Waals surface area (Å²) < 4.78 is 5.17. The monoisotopic (exact) mass is 491 g/mol. The van der Waals surface area contributed by atoms with Gasteiger partial charge in [-0.1, -0.05) is 58.0 Å². The Labute approximate surface area is 213 Å². The molecule has 3 rings (SSSR count). The fourth-order valence-corrected chi connectivity index (χ4v) is 5.32. The lowest BCUT2D eigenvalue weighted by Gasteiger charge is -2.34. The third kappa shape index (κ3) is 11.2. The van der Waals surface area contributed by atoms with Gasteiger partial charge in [0.15, 0.2) is 5.17 Å². The van der Waals surface area contributed by atoms with Gasteiger partial charge in [-0.15, -0.1) is 0 Å². The van der Waals surface area contributed by atoms with E-state index in [0.29, 0.717) is 12.6 Å². The molecule has 2 saturated heterocycles. The molecule has 0 N–H and O–H groups in total. The van der Waals surface area contributed by atoms with E-state index < -0.39 is 0 Å². The maximum absolute atomic E-state index is 5.17. The molecule has 7 heteroatoms. The van der Waals surface area contributed by atoms with Gasteiger partial charge in [0.05, 0.1) is 7.11 Å². The van der Waals surface area contributed by atoms with Crippen LogP contribution in [0.2, 0.25) is 0 Å². The van der Waals surface area contributed by atoms with E-state index in [-0.39, 0.29) is 0 Å². The predicted molar refractivity (Wildman–Crippen MR) is 153 cm³/mol. The molecule has 0 aromatic carbocycles. The molecule has 0 spiro atoms. The Bertz CT molecular complexity index is 681. The Morgan fingerprint density at radius 3 is 2.56 bits per heavy atom. The molecule has 3 heterocycles. The number of ether oxygens (including phenoxy) is 1. The number of likely N-dealkylation sites (tertiary alicyclic amines) is 2. The summed E-state index contributed by atoms with van der Waals surface area (Å²) in [6.45, 7) is 13.3. The molecule has 0 radical (unpaired) electrons. The van der Waals surface area contributed by atoms with Crippen molar-refractivity contribution in [3.05, 3.63) is 23.8 Å². The molecular formula is C27H49N5OS. The van der Waals surface area contributed by atoms with E-state index >= 15 is 0 Å². The van der Waals surface area contributed by atoms with Crippen LogP contribution >= 0.6 is 11.8 Å². The highest BCUT2D eigenvalue weighted by atomic mass is 32.2. The minimum atomic E-state index is 0.509. The topological polar surface area (TPSA) is 52.8 Å². The Morgan fingerprint density at radius 2 is 1.85 bits per heavy atom. The van der Waals surface area contributed by atoms with E-state index in [1.165, 1.54) is 62.4 Å². The second-order valence-corrected chi connectivity index (χ2v) is 9.01. The van der Waals surface area contributed by atoms with Crippen molar-refractivity contribution in [1.82, 2.24) is 9.80 Å². The lowest BCUT2D eigenvalue weighted by Crippen LogP contribution is -2.40. The first kappa shape index (κ1) is 30.4. The Kier molecular flexibility index (Phi) is 17.6. The van der Waals surface area contributed by atoms with Crippen LogP contribution in [0, 0.1) is 0 Å². The van der Waals surface area contributed by atoms with Crippen LogP contribution in [0.3, 0.4) is 0 Å². The van der Waals surface area contributed by atoms with Crippen molar-refractivity contribution in [2.45, 2.75) is 78.7 Å². The normalized spacial score (nSPS) is 26.6. The van der Waals surface area contributed by atoms with E-state index in [4.69, 9.17) is 9.73 Å². The zero-order chi connectivity index (χ0) is 25.0. The van der Waals surface area contributed by atoms with Crippen molar-refractivity contribution in [2.24, 2.45) is 15.0 Å². The molecule has 6 nitrogen and oxygen atoms in total. The summed E-state index contributed by atoms with van der Waals surface area (Å²) in [5.41, 5.74) is 1.21. The molecule has 3 aliphatic rings. The fourth-order valence-electron chi connectivity index (χ4n) is 4.36. The Morgan fingerprint density at radius 1 is 1.09 bits per heavy atom. The van der Waals surface area contributed by atoms with Crippen molar-refractivity contribution < 1.29 is 4.74 Å². The van der Waals surface area contributed by atoms with Gasteiger partial charge in [-0.3, -0.25) is 9.98 Å². The zero-order valence-electron chi connectivity index (χ0n) is 22.6. The highest BCUT2D eigenvalue weighted by Crippen LogP contribution is 2.23. The van der Waals surface area contributed by atoms with Crippen molar-refractivity contribution in [2.75, 3.05) is 52.8 Å². The minimum Gasteiger partial charge on any atom is -0.481 e. The van der Waals surface area contributed by atoms with Gasteiger partial charge >= 0.3 is 0 Å².